The van der Waals surface area contributed by atoms with Crippen LogP contribution in [0.25, 0.3) is 0 Å². The fourth-order valence-corrected chi connectivity index (χ4v) is 1.08. The van der Waals surface area contributed by atoms with Crippen LogP contribution in [0.4, 0.5) is 13.2 Å². The van der Waals surface area contributed by atoms with E-state index in [0.717, 1.165) is 19.2 Å². The Balaban J connectivity index is 3.24. The van der Waals surface area contributed by atoms with Gasteiger partial charge in [0.15, 0.2) is 0 Å². The van der Waals surface area contributed by atoms with Crippen LogP contribution >= 0.6 is 11.6 Å². The van der Waals surface area contributed by atoms with E-state index in [9.17, 15) is 13.2 Å². The Morgan fingerprint density at radius 2 is 2.14 bits per heavy atom. The minimum atomic E-state index is -2.89. The zero-order valence-corrected chi connectivity index (χ0v) is 8.02. The summed E-state index contributed by atoms with van der Waals surface area (Å²) in [4.78, 5) is 3.22. The van der Waals surface area contributed by atoms with Gasteiger partial charge in [0.05, 0.1) is 5.02 Å². The number of pyridine rings is 1. The van der Waals surface area contributed by atoms with Crippen molar-refractivity contribution < 1.29 is 13.2 Å². The van der Waals surface area contributed by atoms with Crippen molar-refractivity contribution in [3.8, 4) is 0 Å². The van der Waals surface area contributed by atoms with E-state index in [0.29, 0.717) is 0 Å². The van der Waals surface area contributed by atoms with Crippen LogP contribution in [0.2, 0.25) is 5.02 Å². The summed E-state index contributed by atoms with van der Waals surface area (Å²) in [6, 6.07) is 1.05. The number of nitrogens with two attached hydrogens (primary N) is 1. The SMILES string of the molecule is CC(N)(c1cc(Cl)cnc1F)C(F)F. The summed E-state index contributed by atoms with van der Waals surface area (Å²) in [5.74, 6) is -1.03. The first kappa shape index (κ1) is 11.3. The van der Waals surface area contributed by atoms with Crippen molar-refractivity contribution in [3.63, 3.8) is 0 Å². The Morgan fingerprint density at radius 3 is 2.64 bits per heavy atom. The first-order valence-corrected chi connectivity index (χ1v) is 4.12. The number of nitrogens with zero attached hydrogens (tertiary/aromatic N) is 1. The van der Waals surface area contributed by atoms with Crippen molar-refractivity contribution in [1.82, 2.24) is 4.98 Å². The smallest absolute Gasteiger partial charge is 0.260 e. The summed E-state index contributed by atoms with van der Waals surface area (Å²) >= 11 is 5.50. The maximum atomic E-state index is 13.0. The van der Waals surface area contributed by atoms with Gasteiger partial charge in [-0.2, -0.15) is 4.39 Å². The molecule has 1 atom stereocenters. The Kier molecular flexibility index (Phi) is 3.01. The van der Waals surface area contributed by atoms with Gasteiger partial charge in [-0.05, 0) is 13.0 Å². The number of aromatic nitrogens is 1. The summed E-state index contributed by atoms with van der Waals surface area (Å²) < 4.78 is 37.9. The van der Waals surface area contributed by atoms with Gasteiger partial charge in [-0.3, -0.25) is 0 Å². The Labute approximate surface area is 83.9 Å². The summed E-state index contributed by atoms with van der Waals surface area (Å²) in [5, 5.41) is 0.0683. The average Bonchev–Trinajstić information content (AvgIpc) is 2.08. The molecule has 0 saturated heterocycles. The lowest BCUT2D eigenvalue weighted by molar-refractivity contribution is 0.0600. The number of hydrogen-bond acceptors (Lipinski definition) is 2. The molecular formula is C8H8ClF3N2. The molecule has 0 spiro atoms. The predicted molar refractivity (Wildman–Crippen MR) is 46.7 cm³/mol. The fraction of sp³-hybridized carbons (Fsp3) is 0.375. The highest BCUT2D eigenvalue weighted by Gasteiger charge is 2.35. The topological polar surface area (TPSA) is 38.9 Å². The quantitative estimate of drug-likeness (QED) is 0.783. The molecule has 0 radical (unpaired) electrons. The Bertz CT molecular complexity index is 341. The van der Waals surface area contributed by atoms with E-state index in [1.165, 1.54) is 0 Å². The maximum absolute atomic E-state index is 13.0. The van der Waals surface area contributed by atoms with Crippen LogP contribution in [0.5, 0.6) is 0 Å². The lowest BCUT2D eigenvalue weighted by atomic mass is 9.95. The summed E-state index contributed by atoms with van der Waals surface area (Å²) in [7, 11) is 0. The molecule has 1 heterocycles. The fourth-order valence-electron chi connectivity index (χ4n) is 0.918. The lowest BCUT2D eigenvalue weighted by Gasteiger charge is -2.23. The molecule has 1 aromatic heterocycles. The lowest BCUT2D eigenvalue weighted by Crippen LogP contribution is -2.41. The van der Waals surface area contributed by atoms with Crippen LogP contribution in [0.15, 0.2) is 12.3 Å². The van der Waals surface area contributed by atoms with E-state index >= 15 is 0 Å². The molecule has 0 aliphatic heterocycles. The van der Waals surface area contributed by atoms with Crippen molar-refractivity contribution in [1.29, 1.82) is 0 Å². The van der Waals surface area contributed by atoms with Crippen molar-refractivity contribution in [3.05, 3.63) is 28.8 Å². The van der Waals surface area contributed by atoms with E-state index in [4.69, 9.17) is 17.3 Å². The number of alkyl halides is 2. The van der Waals surface area contributed by atoms with E-state index in [-0.39, 0.29) is 10.6 Å². The van der Waals surface area contributed by atoms with Gasteiger partial charge >= 0.3 is 0 Å². The molecule has 0 bridgehead atoms. The van der Waals surface area contributed by atoms with E-state index in [2.05, 4.69) is 4.98 Å². The molecule has 2 N–H and O–H groups in total. The van der Waals surface area contributed by atoms with Crippen LogP contribution in [0, 0.1) is 5.95 Å². The second-order valence-corrected chi connectivity index (χ2v) is 3.51. The molecule has 0 fully saturated rings. The molecule has 0 aliphatic rings. The van der Waals surface area contributed by atoms with Gasteiger partial charge in [0.2, 0.25) is 5.95 Å². The largest absolute Gasteiger partial charge is 0.317 e. The summed E-state index contributed by atoms with van der Waals surface area (Å²) in [5.41, 5.74) is 2.79. The molecular weight excluding hydrogens is 217 g/mol. The van der Waals surface area contributed by atoms with Crippen molar-refractivity contribution in [2.75, 3.05) is 0 Å². The maximum Gasteiger partial charge on any atom is 0.260 e. The van der Waals surface area contributed by atoms with Crippen LogP contribution in [-0.2, 0) is 5.54 Å². The molecule has 2 nitrogen and oxygen atoms in total. The van der Waals surface area contributed by atoms with Gasteiger partial charge in [-0.25, -0.2) is 13.8 Å². The zero-order chi connectivity index (χ0) is 10.9. The van der Waals surface area contributed by atoms with E-state index in [1.807, 2.05) is 0 Å². The minimum absolute atomic E-state index is 0.0683. The Hall–Kier alpha value is -0.810. The van der Waals surface area contributed by atoms with Crippen molar-refractivity contribution >= 4 is 11.6 Å². The zero-order valence-electron chi connectivity index (χ0n) is 7.27. The third-order valence-electron chi connectivity index (χ3n) is 1.84. The molecule has 6 heteroatoms. The van der Waals surface area contributed by atoms with Crippen molar-refractivity contribution in [2.24, 2.45) is 5.73 Å². The highest BCUT2D eigenvalue weighted by Crippen LogP contribution is 2.28. The van der Waals surface area contributed by atoms with Gasteiger partial charge in [0.1, 0.15) is 5.54 Å². The van der Waals surface area contributed by atoms with Gasteiger partial charge in [0.25, 0.3) is 6.43 Å². The Morgan fingerprint density at radius 1 is 1.57 bits per heavy atom. The van der Waals surface area contributed by atoms with Crippen LogP contribution in [-0.4, -0.2) is 11.4 Å². The van der Waals surface area contributed by atoms with Gasteiger partial charge in [0, 0.05) is 11.8 Å². The van der Waals surface area contributed by atoms with E-state index < -0.39 is 17.9 Å². The van der Waals surface area contributed by atoms with Crippen molar-refractivity contribution in [2.45, 2.75) is 18.9 Å². The number of hydrogen-bond donors (Lipinski definition) is 1. The van der Waals surface area contributed by atoms with Gasteiger partial charge in [-0.15, -0.1) is 0 Å². The van der Waals surface area contributed by atoms with E-state index in [1.54, 1.807) is 0 Å². The van der Waals surface area contributed by atoms with Crippen LogP contribution in [0.1, 0.15) is 12.5 Å². The minimum Gasteiger partial charge on any atom is -0.317 e. The molecule has 1 unspecified atom stereocenters. The molecule has 1 aromatic rings. The van der Waals surface area contributed by atoms with Crippen LogP contribution < -0.4 is 5.73 Å². The molecule has 1 rings (SSSR count). The second-order valence-electron chi connectivity index (χ2n) is 3.08. The standard InChI is InChI=1S/C8H8ClF3N2/c1-8(13,7(11)12)5-2-4(9)3-14-6(5)10/h2-3,7H,13H2,1H3. The van der Waals surface area contributed by atoms with Gasteiger partial charge < -0.3 is 5.73 Å². The van der Waals surface area contributed by atoms with Crippen LogP contribution in [0.3, 0.4) is 0 Å². The van der Waals surface area contributed by atoms with Gasteiger partial charge in [-0.1, -0.05) is 11.6 Å². The predicted octanol–water partition coefficient (Wildman–Crippen LogP) is 2.31. The average molecular weight is 225 g/mol. The molecule has 0 aromatic carbocycles. The molecule has 78 valence electrons. The third-order valence-corrected chi connectivity index (χ3v) is 2.05. The first-order chi connectivity index (χ1) is 6.35. The molecule has 0 saturated carbocycles. The second kappa shape index (κ2) is 3.74. The highest BCUT2D eigenvalue weighted by molar-refractivity contribution is 6.30. The molecule has 14 heavy (non-hydrogen) atoms. The highest BCUT2D eigenvalue weighted by atomic mass is 35.5. The molecule has 0 aliphatic carbocycles. The summed E-state index contributed by atoms with van der Waals surface area (Å²) in [6.45, 7) is 1.02. The summed E-state index contributed by atoms with van der Waals surface area (Å²) in [6.07, 6.45) is -1.86. The first-order valence-electron chi connectivity index (χ1n) is 3.74. The number of rotatable bonds is 2. The third kappa shape index (κ3) is 1.99. The number of halogens is 4. The molecule has 0 amide bonds. The monoisotopic (exact) mass is 224 g/mol. The normalized spacial score (nSPS) is 15.6.